The first kappa shape index (κ1) is 24.9. The molecule has 0 saturated heterocycles. The van der Waals surface area contributed by atoms with Crippen LogP contribution in [0.1, 0.15) is 71.2 Å². The van der Waals surface area contributed by atoms with Gasteiger partial charge in [0, 0.05) is 12.0 Å². The van der Waals surface area contributed by atoms with Gasteiger partial charge in [-0.3, -0.25) is 4.79 Å². The number of hydrogen-bond donors (Lipinski definition) is 2. The lowest BCUT2D eigenvalue weighted by atomic mass is 9.46. The Hall–Kier alpha value is -1.76. The highest BCUT2D eigenvalue weighted by Crippen LogP contribution is 2.73. The van der Waals surface area contributed by atoms with E-state index >= 15 is 0 Å². The van der Waals surface area contributed by atoms with Crippen molar-refractivity contribution in [1.29, 1.82) is 0 Å². The van der Waals surface area contributed by atoms with Crippen LogP contribution in [0.25, 0.3) is 0 Å². The zero-order chi connectivity index (χ0) is 25.6. The van der Waals surface area contributed by atoms with Crippen LogP contribution in [-0.4, -0.2) is 52.5 Å². The normalized spacial score (nSPS) is 47.8. The molecule has 0 spiro atoms. The molecule has 0 aromatic heterocycles. The number of rotatable bonds is 4. The Morgan fingerprint density at radius 3 is 2.40 bits per heavy atom. The van der Waals surface area contributed by atoms with Gasteiger partial charge in [-0.05, 0) is 68.4 Å². The van der Waals surface area contributed by atoms with Crippen LogP contribution in [0.2, 0.25) is 0 Å². The Labute approximate surface area is 208 Å². The van der Waals surface area contributed by atoms with Crippen LogP contribution in [0.3, 0.4) is 0 Å². The summed E-state index contributed by atoms with van der Waals surface area (Å²) >= 11 is 0. The van der Waals surface area contributed by atoms with E-state index in [4.69, 9.17) is 9.47 Å². The van der Waals surface area contributed by atoms with E-state index in [9.17, 15) is 19.8 Å². The summed E-state index contributed by atoms with van der Waals surface area (Å²) in [4.78, 5) is 27.5. The molecule has 1 aromatic rings. The van der Waals surface area contributed by atoms with Crippen LogP contribution in [0.15, 0.2) is 30.3 Å². The van der Waals surface area contributed by atoms with Gasteiger partial charge in [-0.15, -0.1) is 0 Å². The SMILES string of the molecule is CCO[C@@H]1C2C(CC[C@@]3(C)[C@H](O)C4[C@@H](OC(=O)c5ccccc5)[C@@H](C)C[C@]4(O)C(=O)[C@@]13C)C2(C)C. The summed E-state index contributed by atoms with van der Waals surface area (Å²) in [6, 6.07) is 8.72. The van der Waals surface area contributed by atoms with Crippen LogP contribution >= 0.6 is 0 Å². The summed E-state index contributed by atoms with van der Waals surface area (Å²) in [6.45, 7) is 12.7. The van der Waals surface area contributed by atoms with Crippen LogP contribution in [-0.2, 0) is 14.3 Å². The molecule has 0 amide bonds. The van der Waals surface area contributed by atoms with E-state index < -0.39 is 40.5 Å². The number of hydrogen-bond acceptors (Lipinski definition) is 6. The third kappa shape index (κ3) is 3.12. The van der Waals surface area contributed by atoms with Crippen molar-refractivity contribution < 1.29 is 29.3 Å². The zero-order valence-electron chi connectivity index (χ0n) is 21.8. The number of esters is 1. The molecule has 10 atom stereocenters. The molecule has 0 aliphatic heterocycles. The Bertz CT molecular complexity index is 1020. The first-order valence-electron chi connectivity index (χ1n) is 13.2. The minimum absolute atomic E-state index is 0.0611. The Balaban J connectivity index is 1.56. The lowest BCUT2D eigenvalue weighted by molar-refractivity contribution is -0.233. The number of aliphatic hydroxyl groups excluding tert-OH is 1. The molecular weight excluding hydrogens is 444 g/mol. The first-order valence-corrected chi connectivity index (χ1v) is 13.2. The topological polar surface area (TPSA) is 93.1 Å². The maximum atomic E-state index is 14.5. The molecule has 0 radical (unpaired) electrons. The van der Waals surface area contributed by atoms with Crippen molar-refractivity contribution in [2.75, 3.05) is 6.61 Å². The van der Waals surface area contributed by atoms with E-state index in [1.807, 2.05) is 33.8 Å². The predicted molar refractivity (Wildman–Crippen MR) is 131 cm³/mol. The second kappa shape index (κ2) is 7.87. The van der Waals surface area contributed by atoms with E-state index in [1.165, 1.54) is 0 Å². The Kier molecular flexibility index (Phi) is 5.60. The highest BCUT2D eigenvalue weighted by molar-refractivity contribution is 5.96. The van der Waals surface area contributed by atoms with E-state index in [2.05, 4.69) is 13.8 Å². The average Bonchev–Trinajstić information content (AvgIpc) is 3.29. The van der Waals surface area contributed by atoms with Gasteiger partial charge in [0.05, 0.1) is 29.1 Å². The minimum Gasteiger partial charge on any atom is -0.458 e. The van der Waals surface area contributed by atoms with Crippen molar-refractivity contribution in [3.05, 3.63) is 35.9 Å². The fourth-order valence-electron chi connectivity index (χ4n) is 8.49. The molecular formula is C29H40O6. The van der Waals surface area contributed by atoms with Crippen LogP contribution < -0.4 is 0 Å². The molecule has 4 fully saturated rings. The van der Waals surface area contributed by atoms with E-state index in [0.29, 0.717) is 24.5 Å². The number of fused-ring (bicyclic) bond motifs is 3. The highest BCUT2D eigenvalue weighted by Gasteiger charge is 2.79. The van der Waals surface area contributed by atoms with Crippen LogP contribution in [0, 0.1) is 39.9 Å². The van der Waals surface area contributed by atoms with Gasteiger partial charge in [0.25, 0.3) is 0 Å². The maximum absolute atomic E-state index is 14.5. The molecule has 6 heteroatoms. The number of benzene rings is 1. The van der Waals surface area contributed by atoms with Crippen molar-refractivity contribution in [3.63, 3.8) is 0 Å². The minimum atomic E-state index is -1.77. The quantitative estimate of drug-likeness (QED) is 0.627. The summed E-state index contributed by atoms with van der Waals surface area (Å²) in [7, 11) is 0. The van der Waals surface area contributed by atoms with Gasteiger partial charge < -0.3 is 19.7 Å². The van der Waals surface area contributed by atoms with Gasteiger partial charge in [0.2, 0.25) is 0 Å². The van der Waals surface area contributed by atoms with Gasteiger partial charge in [0.1, 0.15) is 11.7 Å². The summed E-state index contributed by atoms with van der Waals surface area (Å²) in [6.07, 6.45) is -0.446. The van der Waals surface area contributed by atoms with Gasteiger partial charge >= 0.3 is 5.97 Å². The monoisotopic (exact) mass is 484 g/mol. The number of carbonyl (C=O) groups is 2. The molecule has 4 aliphatic rings. The average molecular weight is 485 g/mol. The Morgan fingerprint density at radius 2 is 1.77 bits per heavy atom. The zero-order valence-corrected chi connectivity index (χ0v) is 21.8. The molecule has 5 rings (SSSR count). The predicted octanol–water partition coefficient (Wildman–Crippen LogP) is 4.03. The summed E-state index contributed by atoms with van der Waals surface area (Å²) < 4.78 is 12.3. The smallest absolute Gasteiger partial charge is 0.338 e. The van der Waals surface area contributed by atoms with Gasteiger partial charge in [0.15, 0.2) is 5.78 Å². The number of Topliss-reactive ketones (excluding diaryl/α,β-unsaturated/α-hetero) is 1. The third-order valence-corrected chi connectivity index (χ3v) is 10.8. The fourth-order valence-corrected chi connectivity index (χ4v) is 8.49. The van der Waals surface area contributed by atoms with Crippen LogP contribution in [0.5, 0.6) is 0 Å². The van der Waals surface area contributed by atoms with Gasteiger partial charge in [-0.25, -0.2) is 4.79 Å². The van der Waals surface area contributed by atoms with Crippen molar-refractivity contribution >= 4 is 11.8 Å². The molecule has 3 unspecified atom stereocenters. The second-order valence-electron chi connectivity index (χ2n) is 12.6. The van der Waals surface area contributed by atoms with E-state index in [0.717, 1.165) is 6.42 Å². The molecule has 6 nitrogen and oxygen atoms in total. The molecule has 4 saturated carbocycles. The van der Waals surface area contributed by atoms with Crippen molar-refractivity contribution in [2.45, 2.75) is 84.7 Å². The lowest BCUT2D eigenvalue weighted by Crippen LogP contribution is -2.72. The van der Waals surface area contributed by atoms with Crippen LogP contribution in [0.4, 0.5) is 0 Å². The molecule has 4 aliphatic carbocycles. The van der Waals surface area contributed by atoms with Crippen molar-refractivity contribution in [2.24, 2.45) is 39.9 Å². The van der Waals surface area contributed by atoms with E-state index in [-0.39, 0.29) is 35.6 Å². The van der Waals surface area contributed by atoms with Gasteiger partial charge in [-0.1, -0.05) is 45.9 Å². The summed E-state index contributed by atoms with van der Waals surface area (Å²) in [5, 5.41) is 24.1. The fraction of sp³-hybridized carbons (Fsp3) is 0.724. The lowest BCUT2D eigenvalue weighted by Gasteiger charge is -2.60. The number of aliphatic hydroxyl groups is 2. The molecule has 35 heavy (non-hydrogen) atoms. The largest absolute Gasteiger partial charge is 0.458 e. The molecule has 2 N–H and O–H groups in total. The van der Waals surface area contributed by atoms with E-state index in [1.54, 1.807) is 24.3 Å². The highest BCUT2D eigenvalue weighted by atomic mass is 16.5. The molecule has 192 valence electrons. The number of carbonyl (C=O) groups excluding carboxylic acids is 2. The molecule has 0 bridgehead atoms. The maximum Gasteiger partial charge on any atom is 0.338 e. The second-order valence-corrected chi connectivity index (χ2v) is 12.6. The molecule has 0 heterocycles. The van der Waals surface area contributed by atoms with Crippen molar-refractivity contribution in [1.82, 2.24) is 0 Å². The summed E-state index contributed by atoms with van der Waals surface area (Å²) in [5.41, 5.74) is -3.17. The van der Waals surface area contributed by atoms with Gasteiger partial charge in [-0.2, -0.15) is 0 Å². The first-order chi connectivity index (χ1) is 16.4. The molecule has 1 aromatic carbocycles. The number of ketones is 1. The van der Waals surface area contributed by atoms with Crippen molar-refractivity contribution in [3.8, 4) is 0 Å². The third-order valence-electron chi connectivity index (χ3n) is 10.8. The summed E-state index contributed by atoms with van der Waals surface area (Å²) in [5.74, 6) is -1.29. The standard InChI is InChI=1S/C29H40O6/c1-7-34-23-19-18(26(19,3)4)13-14-27(5)22(30)20-21(35-24(31)17-11-9-8-10-12-17)16(2)15-29(20,33)25(32)28(23,27)6/h8-12,16,18-23,30,33H,7,13-15H2,1-6H3/t16-,18?,19?,20?,21-,22+,23+,27-,28+,29+/m0/s1. The Morgan fingerprint density at radius 1 is 1.11 bits per heavy atom. The number of ether oxygens (including phenoxy) is 2.